The maximum absolute atomic E-state index is 10.9. The Morgan fingerprint density at radius 3 is 3.06 bits per heavy atom. The van der Waals surface area contributed by atoms with E-state index in [0.29, 0.717) is 6.42 Å². The summed E-state index contributed by atoms with van der Waals surface area (Å²) in [6.45, 7) is 2.08. The molecule has 94 valence electrons. The number of aliphatic carboxylic acids is 1. The third kappa shape index (κ3) is 1.78. The lowest BCUT2D eigenvalue weighted by Crippen LogP contribution is -1.98. The van der Waals surface area contributed by atoms with Crippen LogP contribution in [0.3, 0.4) is 0 Å². The molecule has 2 atom stereocenters. The standard InChI is InChI=1S/C14H15NO3/c1-2-4-12-15-11-6-3-5-8(13(11)18-12)9-7-10(9)14(16)17/h3,5-6,9-10H,2,4,7H2,1H3,(H,16,17)/t9-,10+/m0/s1. The van der Waals surface area contributed by atoms with Crippen molar-refractivity contribution in [3.8, 4) is 0 Å². The van der Waals surface area contributed by atoms with Crippen LogP contribution >= 0.6 is 0 Å². The fraction of sp³-hybridized carbons (Fsp3) is 0.429. The van der Waals surface area contributed by atoms with E-state index in [9.17, 15) is 4.79 Å². The summed E-state index contributed by atoms with van der Waals surface area (Å²) in [7, 11) is 0. The third-order valence-corrected chi connectivity index (χ3v) is 3.46. The number of carboxylic acids is 1. The van der Waals surface area contributed by atoms with Crippen LogP contribution in [0.4, 0.5) is 0 Å². The summed E-state index contributed by atoms with van der Waals surface area (Å²) in [5, 5.41) is 9.00. The van der Waals surface area contributed by atoms with Crippen molar-refractivity contribution in [1.82, 2.24) is 4.98 Å². The largest absolute Gasteiger partial charge is 0.481 e. The minimum absolute atomic E-state index is 0.0913. The Balaban J connectivity index is 1.99. The average molecular weight is 245 g/mol. The predicted octanol–water partition coefficient (Wildman–Crippen LogP) is 2.97. The fourth-order valence-corrected chi connectivity index (χ4v) is 2.44. The highest BCUT2D eigenvalue weighted by Gasteiger charge is 2.45. The van der Waals surface area contributed by atoms with Crippen LogP contribution in [0.2, 0.25) is 0 Å². The van der Waals surface area contributed by atoms with Gasteiger partial charge in [0, 0.05) is 17.9 Å². The summed E-state index contributed by atoms with van der Waals surface area (Å²) < 4.78 is 5.76. The molecule has 4 nitrogen and oxygen atoms in total. The van der Waals surface area contributed by atoms with Crippen molar-refractivity contribution in [2.45, 2.75) is 32.1 Å². The van der Waals surface area contributed by atoms with Crippen molar-refractivity contribution < 1.29 is 14.3 Å². The predicted molar refractivity (Wildman–Crippen MR) is 66.5 cm³/mol. The van der Waals surface area contributed by atoms with Gasteiger partial charge in [-0.25, -0.2) is 4.98 Å². The number of rotatable bonds is 4. The highest BCUT2D eigenvalue weighted by molar-refractivity contribution is 5.81. The Bertz CT molecular complexity index is 602. The molecule has 0 spiro atoms. The second kappa shape index (κ2) is 4.12. The molecular formula is C14H15NO3. The van der Waals surface area contributed by atoms with Crippen molar-refractivity contribution in [2.75, 3.05) is 0 Å². The molecule has 1 saturated carbocycles. The molecule has 0 radical (unpaired) electrons. The van der Waals surface area contributed by atoms with E-state index in [1.807, 2.05) is 18.2 Å². The van der Waals surface area contributed by atoms with Crippen LogP contribution in [0.1, 0.15) is 37.1 Å². The van der Waals surface area contributed by atoms with Gasteiger partial charge in [0.25, 0.3) is 0 Å². The number of fused-ring (bicyclic) bond motifs is 1. The smallest absolute Gasteiger partial charge is 0.307 e. The summed E-state index contributed by atoms with van der Waals surface area (Å²) >= 11 is 0. The SMILES string of the molecule is CCCc1nc2cccc([C@@H]3C[C@H]3C(=O)O)c2o1. The monoisotopic (exact) mass is 245 g/mol. The summed E-state index contributed by atoms with van der Waals surface area (Å²) in [5.41, 5.74) is 2.61. The highest BCUT2D eigenvalue weighted by Crippen LogP contribution is 2.49. The molecule has 1 heterocycles. The van der Waals surface area contributed by atoms with E-state index >= 15 is 0 Å². The molecule has 0 bridgehead atoms. The molecule has 0 amide bonds. The van der Waals surface area contributed by atoms with E-state index < -0.39 is 5.97 Å². The van der Waals surface area contributed by atoms with E-state index in [0.717, 1.165) is 35.4 Å². The first-order valence-electron chi connectivity index (χ1n) is 6.32. The number of hydrogen-bond donors (Lipinski definition) is 1. The number of oxazole rings is 1. The normalized spacial score (nSPS) is 22.3. The van der Waals surface area contributed by atoms with Gasteiger partial charge in [-0.1, -0.05) is 19.1 Å². The molecule has 1 N–H and O–H groups in total. The molecule has 1 aliphatic carbocycles. The Morgan fingerprint density at radius 1 is 1.56 bits per heavy atom. The van der Waals surface area contributed by atoms with Gasteiger partial charge >= 0.3 is 5.97 Å². The Kier molecular flexibility index (Phi) is 2.58. The van der Waals surface area contributed by atoms with Crippen LogP contribution in [-0.2, 0) is 11.2 Å². The van der Waals surface area contributed by atoms with Crippen LogP contribution < -0.4 is 0 Å². The highest BCUT2D eigenvalue weighted by atomic mass is 16.4. The van der Waals surface area contributed by atoms with Crippen molar-refractivity contribution in [2.24, 2.45) is 5.92 Å². The van der Waals surface area contributed by atoms with Gasteiger partial charge in [0.2, 0.25) is 0 Å². The number of aromatic nitrogens is 1. The van der Waals surface area contributed by atoms with Crippen LogP contribution in [0, 0.1) is 5.92 Å². The summed E-state index contributed by atoms with van der Waals surface area (Å²) in [6, 6.07) is 5.80. The van der Waals surface area contributed by atoms with Gasteiger partial charge in [0.05, 0.1) is 5.92 Å². The number of nitrogens with zero attached hydrogens (tertiary/aromatic N) is 1. The number of hydrogen-bond acceptors (Lipinski definition) is 3. The van der Waals surface area contributed by atoms with Crippen LogP contribution in [0.15, 0.2) is 22.6 Å². The first kappa shape index (κ1) is 11.3. The number of benzene rings is 1. The number of carboxylic acid groups (broad SMARTS) is 1. The minimum Gasteiger partial charge on any atom is -0.481 e. The minimum atomic E-state index is -0.717. The topological polar surface area (TPSA) is 63.3 Å². The zero-order chi connectivity index (χ0) is 12.7. The summed E-state index contributed by atoms with van der Waals surface area (Å²) in [4.78, 5) is 15.4. The van der Waals surface area contributed by atoms with Gasteiger partial charge in [-0.05, 0) is 18.9 Å². The average Bonchev–Trinajstić information content (AvgIpc) is 3.03. The maximum Gasteiger partial charge on any atom is 0.307 e. The van der Waals surface area contributed by atoms with E-state index in [1.54, 1.807) is 0 Å². The molecule has 1 aromatic carbocycles. The summed E-state index contributed by atoms with van der Waals surface area (Å²) in [5.74, 6) is -0.137. The van der Waals surface area contributed by atoms with Crippen molar-refractivity contribution in [3.05, 3.63) is 29.7 Å². The molecule has 2 aromatic rings. The number of aryl methyl sites for hydroxylation is 1. The maximum atomic E-state index is 10.9. The van der Waals surface area contributed by atoms with Crippen molar-refractivity contribution in [3.63, 3.8) is 0 Å². The van der Waals surface area contributed by atoms with Gasteiger partial charge in [0.15, 0.2) is 11.5 Å². The first-order chi connectivity index (χ1) is 8.70. The van der Waals surface area contributed by atoms with Crippen molar-refractivity contribution in [1.29, 1.82) is 0 Å². The molecule has 4 heteroatoms. The molecule has 1 aromatic heterocycles. The van der Waals surface area contributed by atoms with Crippen LogP contribution in [0.25, 0.3) is 11.1 Å². The first-order valence-corrected chi connectivity index (χ1v) is 6.32. The fourth-order valence-electron chi connectivity index (χ4n) is 2.44. The van der Waals surface area contributed by atoms with Gasteiger partial charge in [-0.15, -0.1) is 0 Å². The Morgan fingerprint density at radius 2 is 2.39 bits per heavy atom. The zero-order valence-electron chi connectivity index (χ0n) is 10.2. The van der Waals surface area contributed by atoms with Gasteiger partial charge in [-0.2, -0.15) is 0 Å². The second-order valence-corrected chi connectivity index (χ2v) is 4.84. The quantitative estimate of drug-likeness (QED) is 0.899. The van der Waals surface area contributed by atoms with Gasteiger partial charge in [-0.3, -0.25) is 4.79 Å². The van der Waals surface area contributed by atoms with E-state index in [2.05, 4.69) is 11.9 Å². The number of para-hydroxylation sites is 1. The zero-order valence-corrected chi connectivity index (χ0v) is 10.2. The molecule has 3 rings (SSSR count). The van der Waals surface area contributed by atoms with Crippen LogP contribution in [-0.4, -0.2) is 16.1 Å². The molecule has 1 aliphatic rings. The van der Waals surface area contributed by atoms with Gasteiger partial charge < -0.3 is 9.52 Å². The van der Waals surface area contributed by atoms with Crippen LogP contribution in [0.5, 0.6) is 0 Å². The molecule has 0 unspecified atom stereocenters. The third-order valence-electron chi connectivity index (χ3n) is 3.46. The molecule has 0 aliphatic heterocycles. The van der Waals surface area contributed by atoms with E-state index in [-0.39, 0.29) is 11.8 Å². The Labute approximate surface area is 105 Å². The summed E-state index contributed by atoms with van der Waals surface area (Å²) in [6.07, 6.45) is 2.52. The number of carbonyl (C=O) groups is 1. The molecule has 0 saturated heterocycles. The Hall–Kier alpha value is -1.84. The molecule has 18 heavy (non-hydrogen) atoms. The molecule has 1 fully saturated rings. The van der Waals surface area contributed by atoms with E-state index in [4.69, 9.17) is 9.52 Å². The lowest BCUT2D eigenvalue weighted by molar-refractivity contribution is -0.138. The second-order valence-electron chi connectivity index (χ2n) is 4.84. The molecular weight excluding hydrogens is 230 g/mol. The van der Waals surface area contributed by atoms with Crippen molar-refractivity contribution >= 4 is 17.1 Å². The lowest BCUT2D eigenvalue weighted by Gasteiger charge is -1.98. The van der Waals surface area contributed by atoms with E-state index in [1.165, 1.54) is 0 Å². The van der Waals surface area contributed by atoms with Gasteiger partial charge in [0.1, 0.15) is 5.52 Å². The lowest BCUT2D eigenvalue weighted by atomic mass is 10.1.